The molecule has 0 aliphatic rings. The van der Waals surface area contributed by atoms with Crippen molar-refractivity contribution in [1.82, 2.24) is 0 Å². The number of carbonyl (C=O) groups excluding carboxylic acids is 2. The Morgan fingerprint density at radius 3 is 1.02 bits per heavy atom. The van der Waals surface area contributed by atoms with E-state index in [1.807, 2.05) is 0 Å². The third-order valence-electron chi connectivity index (χ3n) is 11.2. The monoisotopic (exact) mass is 715 g/mol. The summed E-state index contributed by atoms with van der Waals surface area (Å²) in [7, 11) is 0. The van der Waals surface area contributed by atoms with Gasteiger partial charge in [0.1, 0.15) is 0 Å². The molecule has 2 amide bonds. The molecule has 0 heterocycles. The van der Waals surface area contributed by atoms with Crippen molar-refractivity contribution in [2.45, 2.75) is 245 Å². The zero-order valence-electron chi connectivity index (χ0n) is 34.8. The molecular weight excluding hydrogens is 625 g/mol. The van der Waals surface area contributed by atoms with Gasteiger partial charge in [-0.1, -0.05) is 199 Å². The molecule has 0 bridgehead atoms. The lowest BCUT2D eigenvalue weighted by Crippen LogP contribution is -2.32. The van der Waals surface area contributed by atoms with Crippen LogP contribution < -0.4 is 11.5 Å². The van der Waals surface area contributed by atoms with Crippen molar-refractivity contribution < 1.29 is 9.59 Å². The molecule has 0 fully saturated rings. The summed E-state index contributed by atoms with van der Waals surface area (Å²) in [4.78, 5) is 24.6. The number of hydrogen-bond acceptors (Lipinski definition) is 2. The molecule has 4 nitrogen and oxygen atoms in total. The van der Waals surface area contributed by atoms with Crippen LogP contribution in [0.4, 0.5) is 0 Å². The van der Waals surface area contributed by atoms with Crippen molar-refractivity contribution in [2.75, 3.05) is 0 Å². The van der Waals surface area contributed by atoms with Crippen LogP contribution in [0.15, 0.2) is 24.3 Å². The van der Waals surface area contributed by atoms with Gasteiger partial charge in [-0.2, -0.15) is 0 Å². The number of rotatable bonds is 41. The van der Waals surface area contributed by atoms with Crippen LogP contribution in [0.2, 0.25) is 0 Å². The second kappa shape index (κ2) is 39.6. The maximum atomic E-state index is 12.3. The highest BCUT2D eigenvalue weighted by Gasteiger charge is 2.27. The predicted molar refractivity (Wildman–Crippen MR) is 226 cm³/mol. The number of carbonyl (C=O) groups is 2. The minimum atomic E-state index is -0.213. The Labute approximate surface area is 319 Å². The van der Waals surface area contributed by atoms with Crippen molar-refractivity contribution in [1.29, 1.82) is 0 Å². The molecule has 0 aromatic rings. The summed E-state index contributed by atoms with van der Waals surface area (Å²) in [5.41, 5.74) is 11.7. The van der Waals surface area contributed by atoms with Gasteiger partial charge < -0.3 is 11.5 Å². The summed E-state index contributed by atoms with van der Waals surface area (Å²) in [5.74, 6) is -0.625. The molecule has 0 radical (unpaired) electrons. The van der Waals surface area contributed by atoms with Crippen molar-refractivity contribution in [3.8, 4) is 0 Å². The first kappa shape index (κ1) is 49.4. The first-order valence-corrected chi connectivity index (χ1v) is 22.8. The lowest BCUT2D eigenvalue weighted by molar-refractivity contribution is -0.126. The normalized spacial score (nSPS) is 13.7. The molecule has 4 N–H and O–H groups in total. The Hall–Kier alpha value is -1.58. The van der Waals surface area contributed by atoms with Crippen LogP contribution >= 0.6 is 0 Å². The lowest BCUT2D eigenvalue weighted by atomic mass is 9.80. The lowest BCUT2D eigenvalue weighted by Gasteiger charge is -2.24. The second-order valence-corrected chi connectivity index (χ2v) is 16.2. The van der Waals surface area contributed by atoms with Crippen LogP contribution in [-0.2, 0) is 9.59 Å². The highest BCUT2D eigenvalue weighted by Crippen LogP contribution is 2.28. The Morgan fingerprint density at radius 2 is 0.706 bits per heavy atom. The van der Waals surface area contributed by atoms with Gasteiger partial charge in [0.05, 0.1) is 0 Å². The van der Waals surface area contributed by atoms with Gasteiger partial charge in [-0.05, 0) is 76.5 Å². The fourth-order valence-corrected chi connectivity index (χ4v) is 7.65. The number of allylic oxidation sites excluding steroid dienone is 4. The van der Waals surface area contributed by atoms with Crippen LogP contribution in [0.25, 0.3) is 0 Å². The van der Waals surface area contributed by atoms with Crippen molar-refractivity contribution in [2.24, 2.45) is 29.2 Å². The Morgan fingerprint density at radius 1 is 0.412 bits per heavy atom. The molecule has 0 aliphatic heterocycles. The van der Waals surface area contributed by atoms with Gasteiger partial charge in [-0.15, -0.1) is 0 Å². The van der Waals surface area contributed by atoms with Crippen LogP contribution in [0.5, 0.6) is 0 Å². The van der Waals surface area contributed by atoms with E-state index in [1.54, 1.807) is 0 Å². The zero-order valence-corrected chi connectivity index (χ0v) is 34.8. The van der Waals surface area contributed by atoms with E-state index >= 15 is 0 Å². The molecule has 0 spiro atoms. The molecule has 0 saturated heterocycles. The van der Waals surface area contributed by atoms with Crippen LogP contribution in [0.3, 0.4) is 0 Å². The quantitative estimate of drug-likeness (QED) is 0.0488. The summed E-state index contributed by atoms with van der Waals surface area (Å²) in [6.45, 7) is 6.65. The summed E-state index contributed by atoms with van der Waals surface area (Å²) in [6.07, 6.45) is 53.5. The van der Waals surface area contributed by atoms with Crippen LogP contribution in [-0.4, -0.2) is 11.8 Å². The minimum Gasteiger partial charge on any atom is -0.369 e. The fraction of sp³-hybridized carbons (Fsp3) is 0.872. The Balaban J connectivity index is 3.86. The number of unbranched alkanes of at least 4 members (excludes halogenated alkanes) is 28. The Kier molecular flexibility index (Phi) is 38.4. The van der Waals surface area contributed by atoms with E-state index in [0.717, 1.165) is 38.5 Å². The summed E-state index contributed by atoms with van der Waals surface area (Å²) in [5, 5.41) is 0. The molecule has 4 heteroatoms. The van der Waals surface area contributed by atoms with Crippen molar-refractivity contribution in [3.63, 3.8) is 0 Å². The third kappa shape index (κ3) is 35.2. The highest BCUT2D eigenvalue weighted by molar-refractivity contribution is 5.78. The van der Waals surface area contributed by atoms with E-state index in [0.29, 0.717) is 6.42 Å². The molecule has 300 valence electrons. The van der Waals surface area contributed by atoms with E-state index in [1.165, 1.54) is 180 Å². The number of hydrogen-bond donors (Lipinski definition) is 2. The van der Waals surface area contributed by atoms with E-state index in [2.05, 4.69) is 45.1 Å². The summed E-state index contributed by atoms with van der Waals surface area (Å²) in [6, 6.07) is 0. The third-order valence-corrected chi connectivity index (χ3v) is 11.2. The van der Waals surface area contributed by atoms with E-state index in [-0.39, 0.29) is 29.6 Å². The average Bonchev–Trinajstić information content (AvgIpc) is 3.11. The van der Waals surface area contributed by atoms with Gasteiger partial charge in [-0.3, -0.25) is 9.59 Å². The molecule has 0 saturated carbocycles. The Bertz CT molecular complexity index is 806. The molecular formula is C47H90N2O2. The molecule has 0 aromatic heterocycles. The highest BCUT2D eigenvalue weighted by atomic mass is 16.1. The number of nitrogens with two attached hydrogens (primary N) is 2. The zero-order chi connectivity index (χ0) is 37.5. The second-order valence-electron chi connectivity index (χ2n) is 16.2. The number of amides is 2. The maximum absolute atomic E-state index is 12.3. The summed E-state index contributed by atoms with van der Waals surface area (Å²) < 4.78 is 0. The molecule has 0 rings (SSSR count). The first-order valence-electron chi connectivity index (χ1n) is 22.8. The van der Waals surface area contributed by atoms with E-state index in [9.17, 15) is 9.59 Å². The van der Waals surface area contributed by atoms with E-state index < -0.39 is 0 Å². The molecule has 3 atom stereocenters. The van der Waals surface area contributed by atoms with Gasteiger partial charge in [0.15, 0.2) is 0 Å². The van der Waals surface area contributed by atoms with Gasteiger partial charge in [0.2, 0.25) is 11.8 Å². The van der Waals surface area contributed by atoms with Crippen LogP contribution in [0, 0.1) is 17.8 Å². The molecule has 3 unspecified atom stereocenters. The molecule has 0 aromatic carbocycles. The fourth-order valence-electron chi connectivity index (χ4n) is 7.65. The number of primary amides is 2. The molecule has 51 heavy (non-hydrogen) atoms. The largest absolute Gasteiger partial charge is 0.369 e. The first-order chi connectivity index (χ1) is 24.9. The van der Waals surface area contributed by atoms with Gasteiger partial charge in [0, 0.05) is 11.8 Å². The van der Waals surface area contributed by atoms with Crippen molar-refractivity contribution >= 4 is 11.8 Å². The SMILES string of the molecule is CCCCCCCC/C=C\CCCCCCCCCCC(CC(C)C(CCCCCCCCCC/C=C\CCCCCCCC)C(N)=O)C(N)=O. The molecule has 0 aliphatic carbocycles. The van der Waals surface area contributed by atoms with E-state index in [4.69, 9.17) is 11.5 Å². The van der Waals surface area contributed by atoms with Crippen molar-refractivity contribution in [3.05, 3.63) is 24.3 Å². The smallest absolute Gasteiger partial charge is 0.220 e. The average molecular weight is 715 g/mol. The standard InChI is InChI=1S/C47H90N2O2/c1-4-6-8-10-12-14-16-18-20-22-24-26-28-30-32-34-36-38-40-44(46(48)50)42-43(3)45(47(49)51)41-39-37-35-33-31-29-27-25-23-21-19-17-15-13-11-9-7-5-2/h18-21,43-45H,4-17,22-42H2,1-3H3,(H2,48,50)(H2,49,51)/b20-18-,21-19-. The topological polar surface area (TPSA) is 86.2 Å². The summed E-state index contributed by atoms with van der Waals surface area (Å²) >= 11 is 0. The predicted octanol–water partition coefficient (Wildman–Crippen LogP) is 14.6. The minimum absolute atomic E-state index is 0.102. The van der Waals surface area contributed by atoms with Gasteiger partial charge >= 0.3 is 0 Å². The van der Waals surface area contributed by atoms with Gasteiger partial charge in [-0.25, -0.2) is 0 Å². The maximum Gasteiger partial charge on any atom is 0.220 e. The van der Waals surface area contributed by atoms with Crippen LogP contribution in [0.1, 0.15) is 245 Å². The van der Waals surface area contributed by atoms with Gasteiger partial charge in [0.25, 0.3) is 0 Å².